The summed E-state index contributed by atoms with van der Waals surface area (Å²) in [7, 11) is -3.61. The number of hydrogen-bond acceptors (Lipinski definition) is 6. The summed E-state index contributed by atoms with van der Waals surface area (Å²) in [5.74, 6) is 0.806. The molecule has 28 heavy (non-hydrogen) atoms. The molecule has 0 unspecified atom stereocenters. The highest BCUT2D eigenvalue weighted by Crippen LogP contribution is 2.25. The molecule has 0 aliphatic carbocycles. The van der Waals surface area contributed by atoms with Crippen molar-refractivity contribution in [3.05, 3.63) is 59.4 Å². The van der Waals surface area contributed by atoms with Crippen molar-refractivity contribution in [3.8, 4) is 11.4 Å². The van der Waals surface area contributed by atoms with Gasteiger partial charge in [-0.05, 0) is 30.3 Å². The molecule has 1 saturated heterocycles. The van der Waals surface area contributed by atoms with Crippen molar-refractivity contribution in [2.45, 2.75) is 11.8 Å². The molecule has 2 heterocycles. The predicted molar refractivity (Wildman–Crippen MR) is 107 cm³/mol. The quantitative estimate of drug-likeness (QED) is 0.647. The van der Waals surface area contributed by atoms with Gasteiger partial charge in [-0.3, -0.25) is 0 Å². The van der Waals surface area contributed by atoms with Crippen molar-refractivity contribution in [3.63, 3.8) is 0 Å². The van der Waals surface area contributed by atoms with Gasteiger partial charge in [-0.1, -0.05) is 35.0 Å². The second-order valence-electron chi connectivity index (χ2n) is 6.54. The van der Waals surface area contributed by atoms with E-state index in [0.29, 0.717) is 48.5 Å². The number of aromatic nitrogens is 2. The van der Waals surface area contributed by atoms with Gasteiger partial charge in [0.05, 0.1) is 4.90 Å². The molecule has 0 atom stereocenters. The molecule has 9 heteroatoms. The third-order valence-corrected chi connectivity index (χ3v) is 6.80. The SMILES string of the molecule is Cc1nc(-c2cccc(S(=O)(=O)N3CCN(c4cccc(Cl)c4)CC3)c2)no1. The Kier molecular flexibility index (Phi) is 5.09. The van der Waals surface area contributed by atoms with Crippen LogP contribution in [0.5, 0.6) is 0 Å². The molecule has 0 radical (unpaired) electrons. The molecule has 0 amide bonds. The van der Waals surface area contributed by atoms with Gasteiger partial charge in [0, 0.05) is 49.4 Å². The van der Waals surface area contributed by atoms with Crippen LogP contribution in [0.3, 0.4) is 0 Å². The summed E-state index contributed by atoms with van der Waals surface area (Å²) in [5, 5.41) is 4.53. The molecular weight excluding hydrogens is 400 g/mol. The van der Waals surface area contributed by atoms with Crippen LogP contribution in [0.25, 0.3) is 11.4 Å². The van der Waals surface area contributed by atoms with Crippen molar-refractivity contribution < 1.29 is 12.9 Å². The first-order valence-electron chi connectivity index (χ1n) is 8.85. The van der Waals surface area contributed by atoms with Gasteiger partial charge in [0.2, 0.25) is 21.7 Å². The van der Waals surface area contributed by atoms with Crippen LogP contribution >= 0.6 is 11.6 Å². The number of piperazine rings is 1. The molecule has 1 aliphatic heterocycles. The molecular formula is C19H19ClN4O3S. The average molecular weight is 419 g/mol. The van der Waals surface area contributed by atoms with E-state index in [1.54, 1.807) is 31.2 Å². The lowest BCUT2D eigenvalue weighted by molar-refractivity contribution is 0.385. The van der Waals surface area contributed by atoms with E-state index < -0.39 is 10.0 Å². The summed E-state index contributed by atoms with van der Waals surface area (Å²) in [4.78, 5) is 6.52. The highest BCUT2D eigenvalue weighted by molar-refractivity contribution is 7.89. The molecule has 1 fully saturated rings. The smallest absolute Gasteiger partial charge is 0.243 e. The van der Waals surface area contributed by atoms with Gasteiger partial charge in [-0.15, -0.1) is 0 Å². The zero-order valence-corrected chi connectivity index (χ0v) is 16.8. The number of halogens is 1. The number of aryl methyl sites for hydroxylation is 1. The zero-order valence-electron chi connectivity index (χ0n) is 15.2. The third-order valence-electron chi connectivity index (χ3n) is 4.67. The Hall–Kier alpha value is -2.42. The average Bonchev–Trinajstić information content (AvgIpc) is 3.15. The molecule has 0 saturated carbocycles. The minimum Gasteiger partial charge on any atom is -0.369 e. The maximum absolute atomic E-state index is 13.1. The summed E-state index contributed by atoms with van der Waals surface area (Å²) < 4.78 is 32.7. The Labute approximate surface area is 168 Å². The minimum absolute atomic E-state index is 0.226. The lowest BCUT2D eigenvalue weighted by atomic mass is 10.2. The Balaban J connectivity index is 1.52. The highest BCUT2D eigenvalue weighted by Gasteiger charge is 2.29. The third kappa shape index (κ3) is 3.76. The fourth-order valence-electron chi connectivity index (χ4n) is 3.22. The summed E-state index contributed by atoms with van der Waals surface area (Å²) in [6.07, 6.45) is 0. The fraction of sp³-hybridized carbons (Fsp3) is 0.263. The Bertz CT molecular complexity index is 1090. The van der Waals surface area contributed by atoms with Gasteiger partial charge in [0.1, 0.15) is 0 Å². The van der Waals surface area contributed by atoms with Crippen LogP contribution in [0.1, 0.15) is 5.89 Å². The second-order valence-corrected chi connectivity index (χ2v) is 8.91. The van der Waals surface area contributed by atoms with Gasteiger partial charge in [-0.2, -0.15) is 9.29 Å². The van der Waals surface area contributed by atoms with E-state index in [0.717, 1.165) is 5.69 Å². The van der Waals surface area contributed by atoms with Gasteiger partial charge < -0.3 is 9.42 Å². The number of rotatable bonds is 4. The first-order valence-corrected chi connectivity index (χ1v) is 10.7. The van der Waals surface area contributed by atoms with Gasteiger partial charge in [-0.25, -0.2) is 8.42 Å². The molecule has 7 nitrogen and oxygen atoms in total. The molecule has 1 aromatic heterocycles. The van der Waals surface area contributed by atoms with Crippen molar-refractivity contribution in [2.24, 2.45) is 0 Å². The van der Waals surface area contributed by atoms with Crippen LogP contribution in [0.4, 0.5) is 5.69 Å². The second kappa shape index (κ2) is 7.54. The predicted octanol–water partition coefficient (Wildman–Crippen LogP) is 3.21. The monoisotopic (exact) mass is 418 g/mol. The van der Waals surface area contributed by atoms with E-state index in [9.17, 15) is 8.42 Å². The van der Waals surface area contributed by atoms with Crippen LogP contribution in [-0.4, -0.2) is 49.0 Å². The highest BCUT2D eigenvalue weighted by atomic mass is 35.5. The van der Waals surface area contributed by atoms with Crippen molar-refractivity contribution in [2.75, 3.05) is 31.1 Å². The van der Waals surface area contributed by atoms with E-state index in [-0.39, 0.29) is 4.90 Å². The standard InChI is InChI=1S/C19H19ClN4O3S/c1-14-21-19(22-27-14)15-4-2-7-18(12-15)28(25,26)24-10-8-23(9-11-24)17-6-3-5-16(20)13-17/h2-7,12-13H,8-11H2,1H3. The summed E-state index contributed by atoms with van der Waals surface area (Å²) in [5.41, 5.74) is 1.61. The Morgan fingerprint density at radius 1 is 1.04 bits per heavy atom. The van der Waals surface area contributed by atoms with E-state index in [4.69, 9.17) is 16.1 Å². The topological polar surface area (TPSA) is 79.5 Å². The normalized spacial score (nSPS) is 15.7. The number of sulfonamides is 1. The van der Waals surface area contributed by atoms with E-state index in [1.807, 2.05) is 24.3 Å². The van der Waals surface area contributed by atoms with Crippen molar-refractivity contribution >= 4 is 27.3 Å². The minimum atomic E-state index is -3.61. The summed E-state index contributed by atoms with van der Waals surface area (Å²) >= 11 is 6.06. The molecule has 0 bridgehead atoms. The van der Waals surface area contributed by atoms with Crippen molar-refractivity contribution in [1.82, 2.24) is 14.4 Å². The Morgan fingerprint density at radius 3 is 2.46 bits per heavy atom. The van der Waals surface area contributed by atoms with Crippen LogP contribution in [0.2, 0.25) is 5.02 Å². The first kappa shape index (κ1) is 18.9. The summed E-state index contributed by atoms with van der Waals surface area (Å²) in [6.45, 7) is 3.70. The van der Waals surface area contributed by atoms with Gasteiger partial charge in [0.15, 0.2) is 0 Å². The largest absolute Gasteiger partial charge is 0.369 e. The van der Waals surface area contributed by atoms with E-state index >= 15 is 0 Å². The zero-order chi connectivity index (χ0) is 19.7. The molecule has 146 valence electrons. The first-order chi connectivity index (χ1) is 13.4. The molecule has 0 N–H and O–H groups in total. The Morgan fingerprint density at radius 2 is 1.79 bits per heavy atom. The lowest BCUT2D eigenvalue weighted by Gasteiger charge is -2.35. The number of hydrogen-bond donors (Lipinski definition) is 0. The van der Waals surface area contributed by atoms with Crippen LogP contribution in [-0.2, 0) is 10.0 Å². The molecule has 2 aromatic carbocycles. The molecule has 1 aliphatic rings. The maximum Gasteiger partial charge on any atom is 0.243 e. The number of benzene rings is 2. The maximum atomic E-state index is 13.1. The molecule has 0 spiro atoms. The van der Waals surface area contributed by atoms with Gasteiger partial charge in [0.25, 0.3) is 0 Å². The van der Waals surface area contributed by atoms with E-state index in [1.165, 1.54) is 4.31 Å². The molecule has 3 aromatic rings. The fourth-order valence-corrected chi connectivity index (χ4v) is 4.87. The van der Waals surface area contributed by atoms with Crippen LogP contribution in [0, 0.1) is 6.92 Å². The van der Waals surface area contributed by atoms with E-state index in [2.05, 4.69) is 15.0 Å². The van der Waals surface area contributed by atoms with Crippen LogP contribution in [0.15, 0.2) is 57.9 Å². The number of anilines is 1. The van der Waals surface area contributed by atoms with Crippen molar-refractivity contribution in [1.29, 1.82) is 0 Å². The van der Waals surface area contributed by atoms with Gasteiger partial charge >= 0.3 is 0 Å². The lowest BCUT2D eigenvalue weighted by Crippen LogP contribution is -2.48. The van der Waals surface area contributed by atoms with Crippen LogP contribution < -0.4 is 4.90 Å². The summed E-state index contributed by atoms with van der Waals surface area (Å²) in [6, 6.07) is 14.2. The number of nitrogens with zero attached hydrogens (tertiary/aromatic N) is 4. The molecule has 4 rings (SSSR count).